The van der Waals surface area contributed by atoms with Crippen LogP contribution in [-0.4, -0.2) is 40.0 Å². The Hall–Kier alpha value is -1.91. The Morgan fingerprint density at radius 1 is 1.50 bits per heavy atom. The summed E-state index contributed by atoms with van der Waals surface area (Å²) < 4.78 is 0. The highest BCUT2D eigenvalue weighted by molar-refractivity contribution is 5.95. The molecule has 1 amide bonds. The Kier molecular flexibility index (Phi) is 4.06. The number of hydrogen-bond acceptors (Lipinski definition) is 3. The Labute approximate surface area is 118 Å². The number of carbonyl (C=O) groups excluding carboxylic acids is 1. The van der Waals surface area contributed by atoms with E-state index in [1.807, 2.05) is 13.8 Å². The molecule has 0 saturated carbocycles. The van der Waals surface area contributed by atoms with E-state index in [-0.39, 0.29) is 5.91 Å². The average molecular weight is 276 g/mol. The third-order valence-electron chi connectivity index (χ3n) is 3.97. The Bertz CT molecular complexity index is 530. The van der Waals surface area contributed by atoms with Crippen LogP contribution in [0.5, 0.6) is 0 Å². The van der Waals surface area contributed by atoms with Crippen molar-refractivity contribution in [3.05, 3.63) is 29.6 Å². The van der Waals surface area contributed by atoms with Gasteiger partial charge in [-0.1, -0.05) is 13.3 Å². The zero-order chi connectivity index (χ0) is 14.8. The number of carboxylic acid groups (broad SMARTS) is 1. The topological polar surface area (TPSA) is 70.5 Å². The molecule has 20 heavy (non-hydrogen) atoms. The lowest BCUT2D eigenvalue weighted by atomic mass is 9.83. The minimum absolute atomic E-state index is 0.102. The summed E-state index contributed by atoms with van der Waals surface area (Å²) in [5.74, 6) is -0.893. The van der Waals surface area contributed by atoms with Crippen LogP contribution < -0.4 is 0 Å². The van der Waals surface area contributed by atoms with Gasteiger partial charge in [0.25, 0.3) is 5.91 Å². The minimum Gasteiger partial charge on any atom is -0.481 e. The lowest BCUT2D eigenvalue weighted by Gasteiger charge is -2.24. The number of aliphatic carboxylic acids is 1. The standard InChI is InChI=1S/C15H20N2O3/c1-3-5-15(14(19)20)6-8-17(10-15)13(18)12-4-7-16-11(2)9-12/h4,7,9H,3,5-6,8,10H2,1-2H3,(H,19,20). The van der Waals surface area contributed by atoms with Crippen molar-refractivity contribution in [3.63, 3.8) is 0 Å². The number of pyridine rings is 1. The maximum Gasteiger partial charge on any atom is 0.311 e. The zero-order valence-corrected chi connectivity index (χ0v) is 11.9. The fourth-order valence-corrected chi connectivity index (χ4v) is 2.87. The molecule has 0 aromatic carbocycles. The molecule has 2 rings (SSSR count). The molecule has 1 aromatic heterocycles. The Morgan fingerprint density at radius 2 is 2.25 bits per heavy atom. The molecule has 1 saturated heterocycles. The van der Waals surface area contributed by atoms with Gasteiger partial charge in [0.1, 0.15) is 0 Å². The summed E-state index contributed by atoms with van der Waals surface area (Å²) in [6.07, 6.45) is 3.56. The van der Waals surface area contributed by atoms with Gasteiger partial charge in [0.2, 0.25) is 0 Å². The maximum atomic E-state index is 12.4. The molecule has 0 bridgehead atoms. The normalized spacial score (nSPS) is 22.0. The number of amides is 1. The third-order valence-corrected chi connectivity index (χ3v) is 3.97. The van der Waals surface area contributed by atoms with Crippen molar-refractivity contribution in [1.29, 1.82) is 0 Å². The minimum atomic E-state index is -0.791. The molecule has 108 valence electrons. The first-order valence-electron chi connectivity index (χ1n) is 6.94. The van der Waals surface area contributed by atoms with Crippen molar-refractivity contribution in [2.75, 3.05) is 13.1 Å². The SMILES string of the molecule is CCCC1(C(=O)O)CCN(C(=O)c2ccnc(C)c2)C1. The molecular formula is C15H20N2O3. The van der Waals surface area contributed by atoms with Crippen LogP contribution in [0.25, 0.3) is 0 Å². The number of hydrogen-bond donors (Lipinski definition) is 1. The van der Waals surface area contributed by atoms with Crippen LogP contribution in [0.3, 0.4) is 0 Å². The van der Waals surface area contributed by atoms with E-state index in [0.29, 0.717) is 31.5 Å². The number of aromatic nitrogens is 1. The molecule has 1 unspecified atom stereocenters. The summed E-state index contributed by atoms with van der Waals surface area (Å²) in [6.45, 7) is 4.61. The van der Waals surface area contributed by atoms with Gasteiger partial charge >= 0.3 is 5.97 Å². The van der Waals surface area contributed by atoms with Crippen LogP contribution in [0.15, 0.2) is 18.3 Å². The van der Waals surface area contributed by atoms with Crippen LogP contribution in [0.4, 0.5) is 0 Å². The molecule has 0 radical (unpaired) electrons. The molecule has 0 spiro atoms. The van der Waals surface area contributed by atoms with Gasteiger partial charge in [-0.2, -0.15) is 0 Å². The van der Waals surface area contributed by atoms with E-state index < -0.39 is 11.4 Å². The van der Waals surface area contributed by atoms with E-state index in [9.17, 15) is 14.7 Å². The molecule has 2 heterocycles. The van der Waals surface area contributed by atoms with Crippen LogP contribution in [0, 0.1) is 12.3 Å². The van der Waals surface area contributed by atoms with E-state index in [1.54, 1.807) is 23.2 Å². The molecule has 1 atom stereocenters. The molecule has 1 aliphatic rings. The highest BCUT2D eigenvalue weighted by Crippen LogP contribution is 2.36. The first kappa shape index (κ1) is 14.5. The second-order valence-electron chi connectivity index (χ2n) is 5.50. The van der Waals surface area contributed by atoms with E-state index >= 15 is 0 Å². The zero-order valence-electron chi connectivity index (χ0n) is 11.9. The quantitative estimate of drug-likeness (QED) is 0.914. The molecule has 5 nitrogen and oxygen atoms in total. The molecule has 1 N–H and O–H groups in total. The third kappa shape index (κ3) is 2.66. The smallest absolute Gasteiger partial charge is 0.311 e. The highest BCUT2D eigenvalue weighted by atomic mass is 16.4. The van der Waals surface area contributed by atoms with Crippen LogP contribution in [-0.2, 0) is 4.79 Å². The second-order valence-corrected chi connectivity index (χ2v) is 5.50. The summed E-state index contributed by atoms with van der Waals surface area (Å²) >= 11 is 0. The molecule has 1 aromatic rings. The number of carboxylic acids is 1. The monoisotopic (exact) mass is 276 g/mol. The predicted octanol–water partition coefficient (Wildman–Crippen LogP) is 2.11. The van der Waals surface area contributed by atoms with Crippen molar-refractivity contribution in [2.45, 2.75) is 33.1 Å². The van der Waals surface area contributed by atoms with Gasteiger partial charge in [0.05, 0.1) is 5.41 Å². The van der Waals surface area contributed by atoms with Crippen molar-refractivity contribution in [2.24, 2.45) is 5.41 Å². The summed E-state index contributed by atoms with van der Waals surface area (Å²) in [4.78, 5) is 29.7. The Morgan fingerprint density at radius 3 is 2.85 bits per heavy atom. The lowest BCUT2D eigenvalue weighted by Crippen LogP contribution is -2.37. The first-order valence-corrected chi connectivity index (χ1v) is 6.94. The maximum absolute atomic E-state index is 12.4. The summed E-state index contributed by atoms with van der Waals surface area (Å²) in [6, 6.07) is 3.42. The number of likely N-dealkylation sites (tertiary alicyclic amines) is 1. The molecular weight excluding hydrogens is 256 g/mol. The number of aryl methyl sites for hydroxylation is 1. The van der Waals surface area contributed by atoms with Gasteiger partial charge < -0.3 is 10.0 Å². The molecule has 0 aliphatic carbocycles. The van der Waals surface area contributed by atoms with E-state index in [1.165, 1.54) is 0 Å². The van der Waals surface area contributed by atoms with Gasteiger partial charge in [-0.25, -0.2) is 0 Å². The van der Waals surface area contributed by atoms with Crippen LogP contribution in [0.2, 0.25) is 0 Å². The highest BCUT2D eigenvalue weighted by Gasteiger charge is 2.45. The van der Waals surface area contributed by atoms with Gasteiger partial charge in [-0.15, -0.1) is 0 Å². The largest absolute Gasteiger partial charge is 0.481 e. The fourth-order valence-electron chi connectivity index (χ4n) is 2.87. The second kappa shape index (κ2) is 5.61. The van der Waals surface area contributed by atoms with Crippen molar-refractivity contribution >= 4 is 11.9 Å². The van der Waals surface area contributed by atoms with Crippen molar-refractivity contribution < 1.29 is 14.7 Å². The molecule has 5 heteroatoms. The van der Waals surface area contributed by atoms with Crippen LogP contribution in [0.1, 0.15) is 42.2 Å². The fraction of sp³-hybridized carbons (Fsp3) is 0.533. The Balaban J connectivity index is 2.16. The molecule has 1 fully saturated rings. The van der Waals surface area contributed by atoms with Gasteiger partial charge in [0.15, 0.2) is 0 Å². The van der Waals surface area contributed by atoms with Crippen LogP contribution >= 0.6 is 0 Å². The summed E-state index contributed by atoms with van der Waals surface area (Å²) in [5.41, 5.74) is 0.593. The van der Waals surface area contributed by atoms with Gasteiger partial charge in [-0.05, 0) is 31.9 Å². The van der Waals surface area contributed by atoms with E-state index in [4.69, 9.17) is 0 Å². The average Bonchev–Trinajstić information content (AvgIpc) is 2.84. The number of nitrogens with zero attached hydrogens (tertiary/aromatic N) is 2. The first-order chi connectivity index (χ1) is 9.48. The van der Waals surface area contributed by atoms with Crippen molar-refractivity contribution in [3.8, 4) is 0 Å². The number of carbonyl (C=O) groups is 2. The van der Waals surface area contributed by atoms with Crippen molar-refractivity contribution in [1.82, 2.24) is 9.88 Å². The lowest BCUT2D eigenvalue weighted by molar-refractivity contribution is -0.148. The van der Waals surface area contributed by atoms with Gasteiger partial charge in [-0.3, -0.25) is 14.6 Å². The van der Waals surface area contributed by atoms with E-state index in [2.05, 4.69) is 4.98 Å². The van der Waals surface area contributed by atoms with Gasteiger partial charge in [0, 0.05) is 30.5 Å². The summed E-state index contributed by atoms with van der Waals surface area (Å²) in [5, 5.41) is 9.46. The molecule has 1 aliphatic heterocycles. The number of rotatable bonds is 4. The van der Waals surface area contributed by atoms with E-state index in [0.717, 1.165) is 12.1 Å². The summed E-state index contributed by atoms with van der Waals surface area (Å²) in [7, 11) is 0. The predicted molar refractivity (Wildman–Crippen MR) is 74.5 cm³/mol.